The fourth-order valence-corrected chi connectivity index (χ4v) is 1.81. The summed E-state index contributed by atoms with van der Waals surface area (Å²) in [6.45, 7) is 4.04. The van der Waals surface area contributed by atoms with Crippen LogP contribution >= 0.6 is 0 Å². The molecule has 0 aliphatic heterocycles. The van der Waals surface area contributed by atoms with E-state index in [2.05, 4.69) is 5.32 Å². The zero-order valence-electron chi connectivity index (χ0n) is 13.2. The van der Waals surface area contributed by atoms with Gasteiger partial charge in [0.1, 0.15) is 0 Å². The molecule has 0 bridgehead atoms. The molecule has 6 heteroatoms. The molecule has 118 valence electrons. The number of ether oxygens (including phenoxy) is 4. The summed E-state index contributed by atoms with van der Waals surface area (Å²) < 4.78 is 21.1. The molecule has 1 aromatic carbocycles. The molecule has 0 fully saturated rings. The standard InChI is InChI=1S/C15H23NO5/c1-10(2)21-14(17)9-20-15-12(18-4)6-11(8-16-3)7-13(15)19-5/h6-7,10,16H,8-9H2,1-5H3. The van der Waals surface area contributed by atoms with Crippen molar-refractivity contribution in [2.24, 2.45) is 0 Å². The van der Waals surface area contributed by atoms with Gasteiger partial charge in [0.05, 0.1) is 20.3 Å². The van der Waals surface area contributed by atoms with E-state index in [1.165, 1.54) is 14.2 Å². The maximum atomic E-state index is 11.6. The molecule has 1 rings (SSSR count). The van der Waals surface area contributed by atoms with Crippen LogP contribution in [0.2, 0.25) is 0 Å². The summed E-state index contributed by atoms with van der Waals surface area (Å²) >= 11 is 0. The highest BCUT2D eigenvalue weighted by atomic mass is 16.6. The Kier molecular flexibility index (Phi) is 6.81. The zero-order valence-corrected chi connectivity index (χ0v) is 13.2. The first-order chi connectivity index (χ1) is 10.0. The van der Waals surface area contributed by atoms with Crippen molar-refractivity contribution in [3.63, 3.8) is 0 Å². The third-order valence-electron chi connectivity index (χ3n) is 2.60. The van der Waals surface area contributed by atoms with Crippen LogP contribution in [0.15, 0.2) is 12.1 Å². The maximum Gasteiger partial charge on any atom is 0.344 e. The van der Waals surface area contributed by atoms with Crippen molar-refractivity contribution in [2.45, 2.75) is 26.5 Å². The first kappa shape index (κ1) is 17.1. The lowest BCUT2D eigenvalue weighted by Crippen LogP contribution is -2.19. The first-order valence-corrected chi connectivity index (χ1v) is 6.73. The van der Waals surface area contributed by atoms with E-state index in [1.807, 2.05) is 19.2 Å². The van der Waals surface area contributed by atoms with Crippen molar-refractivity contribution < 1.29 is 23.7 Å². The van der Waals surface area contributed by atoms with E-state index in [0.717, 1.165) is 5.56 Å². The number of nitrogens with one attached hydrogen (secondary N) is 1. The second-order valence-corrected chi connectivity index (χ2v) is 4.69. The third-order valence-corrected chi connectivity index (χ3v) is 2.60. The Morgan fingerprint density at radius 1 is 1.19 bits per heavy atom. The Bertz CT molecular complexity index is 448. The van der Waals surface area contributed by atoms with Crippen LogP contribution in [-0.4, -0.2) is 39.9 Å². The molecule has 0 aromatic heterocycles. The normalized spacial score (nSPS) is 10.4. The summed E-state index contributed by atoms with van der Waals surface area (Å²) in [6.07, 6.45) is -0.178. The van der Waals surface area contributed by atoms with E-state index in [-0.39, 0.29) is 12.7 Å². The first-order valence-electron chi connectivity index (χ1n) is 6.73. The molecule has 0 atom stereocenters. The quantitative estimate of drug-likeness (QED) is 0.738. The van der Waals surface area contributed by atoms with Gasteiger partial charge >= 0.3 is 5.97 Å². The number of carbonyl (C=O) groups excluding carboxylic acids is 1. The van der Waals surface area contributed by atoms with E-state index in [0.29, 0.717) is 23.8 Å². The van der Waals surface area contributed by atoms with Gasteiger partial charge in [0, 0.05) is 6.54 Å². The van der Waals surface area contributed by atoms with Crippen LogP contribution in [0.3, 0.4) is 0 Å². The molecule has 0 saturated carbocycles. The van der Waals surface area contributed by atoms with E-state index < -0.39 is 5.97 Å². The van der Waals surface area contributed by atoms with Gasteiger partial charge in [-0.1, -0.05) is 0 Å². The molecule has 0 saturated heterocycles. The summed E-state index contributed by atoms with van der Waals surface area (Å²) in [7, 11) is 4.93. The van der Waals surface area contributed by atoms with Crippen molar-refractivity contribution in [2.75, 3.05) is 27.9 Å². The molecule has 0 radical (unpaired) electrons. The topological polar surface area (TPSA) is 66.0 Å². The minimum absolute atomic E-state index is 0.178. The number of hydrogen-bond donors (Lipinski definition) is 1. The number of carbonyl (C=O) groups is 1. The van der Waals surface area contributed by atoms with Crippen molar-refractivity contribution in [1.82, 2.24) is 5.32 Å². The second-order valence-electron chi connectivity index (χ2n) is 4.69. The van der Waals surface area contributed by atoms with Gasteiger partial charge in [-0.15, -0.1) is 0 Å². The molecule has 0 unspecified atom stereocenters. The van der Waals surface area contributed by atoms with Gasteiger partial charge in [-0.3, -0.25) is 0 Å². The number of hydrogen-bond acceptors (Lipinski definition) is 6. The Balaban J connectivity index is 2.91. The lowest BCUT2D eigenvalue weighted by molar-refractivity contribution is -0.149. The second kappa shape index (κ2) is 8.36. The highest BCUT2D eigenvalue weighted by molar-refractivity contribution is 5.71. The Hall–Kier alpha value is -1.95. The Labute approximate surface area is 125 Å². The van der Waals surface area contributed by atoms with Crippen molar-refractivity contribution in [3.8, 4) is 17.2 Å². The SMILES string of the molecule is CNCc1cc(OC)c(OCC(=O)OC(C)C)c(OC)c1. The molecule has 6 nitrogen and oxygen atoms in total. The maximum absolute atomic E-state index is 11.6. The van der Waals surface area contributed by atoms with Crippen molar-refractivity contribution >= 4 is 5.97 Å². The van der Waals surface area contributed by atoms with E-state index in [4.69, 9.17) is 18.9 Å². The highest BCUT2D eigenvalue weighted by Gasteiger charge is 2.16. The Morgan fingerprint density at radius 3 is 2.19 bits per heavy atom. The van der Waals surface area contributed by atoms with Crippen LogP contribution in [0, 0.1) is 0 Å². The van der Waals surface area contributed by atoms with Crippen molar-refractivity contribution in [1.29, 1.82) is 0 Å². The number of esters is 1. The summed E-state index contributed by atoms with van der Waals surface area (Å²) in [5.74, 6) is 0.975. The lowest BCUT2D eigenvalue weighted by atomic mass is 10.2. The molecular formula is C15H23NO5. The fourth-order valence-electron chi connectivity index (χ4n) is 1.81. The van der Waals surface area contributed by atoms with Gasteiger partial charge in [-0.2, -0.15) is 0 Å². The van der Waals surface area contributed by atoms with Crippen LogP contribution < -0.4 is 19.5 Å². The average Bonchev–Trinajstić information content (AvgIpc) is 2.44. The van der Waals surface area contributed by atoms with Crippen LogP contribution in [0.4, 0.5) is 0 Å². The number of benzene rings is 1. The molecule has 0 aliphatic carbocycles. The van der Waals surface area contributed by atoms with Crippen LogP contribution in [0.5, 0.6) is 17.2 Å². The summed E-state index contributed by atoms with van der Waals surface area (Å²) in [5, 5.41) is 3.05. The van der Waals surface area contributed by atoms with Crippen molar-refractivity contribution in [3.05, 3.63) is 17.7 Å². The minimum Gasteiger partial charge on any atom is -0.493 e. The molecule has 21 heavy (non-hydrogen) atoms. The van der Waals surface area contributed by atoms with E-state index in [1.54, 1.807) is 13.8 Å². The summed E-state index contributed by atoms with van der Waals surface area (Å²) in [4.78, 5) is 11.6. The van der Waals surface area contributed by atoms with Gasteiger partial charge in [0.15, 0.2) is 18.1 Å². The highest BCUT2D eigenvalue weighted by Crippen LogP contribution is 2.38. The van der Waals surface area contributed by atoms with E-state index >= 15 is 0 Å². The van der Waals surface area contributed by atoms with Gasteiger partial charge in [0.25, 0.3) is 0 Å². The van der Waals surface area contributed by atoms with Crippen LogP contribution in [0.25, 0.3) is 0 Å². The van der Waals surface area contributed by atoms with Gasteiger partial charge < -0.3 is 24.3 Å². The lowest BCUT2D eigenvalue weighted by Gasteiger charge is -2.16. The zero-order chi connectivity index (χ0) is 15.8. The smallest absolute Gasteiger partial charge is 0.344 e. The predicted octanol–water partition coefficient (Wildman–Crippen LogP) is 1.75. The number of methoxy groups -OCH3 is 2. The minimum atomic E-state index is -0.437. The molecule has 0 heterocycles. The Morgan fingerprint density at radius 2 is 1.76 bits per heavy atom. The molecule has 1 N–H and O–H groups in total. The summed E-state index contributed by atoms with van der Waals surface area (Å²) in [5.41, 5.74) is 0.989. The fraction of sp³-hybridized carbons (Fsp3) is 0.533. The summed E-state index contributed by atoms with van der Waals surface area (Å²) in [6, 6.07) is 3.67. The van der Waals surface area contributed by atoms with Gasteiger partial charge in [-0.25, -0.2) is 4.79 Å². The predicted molar refractivity (Wildman–Crippen MR) is 79.0 cm³/mol. The van der Waals surface area contributed by atoms with E-state index in [9.17, 15) is 4.79 Å². The van der Waals surface area contributed by atoms with Crippen LogP contribution in [-0.2, 0) is 16.1 Å². The molecule has 0 aliphatic rings. The monoisotopic (exact) mass is 297 g/mol. The van der Waals surface area contributed by atoms with Gasteiger partial charge in [-0.05, 0) is 38.6 Å². The molecule has 1 aromatic rings. The van der Waals surface area contributed by atoms with Gasteiger partial charge in [0.2, 0.25) is 5.75 Å². The van der Waals surface area contributed by atoms with Crippen LogP contribution in [0.1, 0.15) is 19.4 Å². The largest absolute Gasteiger partial charge is 0.493 e. The molecule has 0 spiro atoms. The molecular weight excluding hydrogens is 274 g/mol. The molecule has 0 amide bonds. The number of rotatable bonds is 8. The third kappa shape index (κ3) is 5.15. The average molecular weight is 297 g/mol.